The highest BCUT2D eigenvalue weighted by Gasteiger charge is 2.89. The molecule has 0 bridgehead atoms. The number of carbonyl (C=O) groups is 3. The number of hydrogen-bond acceptors (Lipinski definition) is 8. The molecule has 0 unspecified atom stereocenters. The summed E-state index contributed by atoms with van der Waals surface area (Å²) in [7, 11) is 0. The van der Waals surface area contributed by atoms with Gasteiger partial charge >= 0.3 is 11.9 Å². The van der Waals surface area contributed by atoms with Crippen LogP contribution in [0, 0.1) is 28.1 Å². The number of furan rings is 1. The molecule has 8 nitrogen and oxygen atoms in total. The molecule has 2 aliphatic carbocycles. The minimum Gasteiger partial charge on any atom is -0.472 e. The summed E-state index contributed by atoms with van der Waals surface area (Å²) in [6.07, 6.45) is 3.46. The van der Waals surface area contributed by atoms with Gasteiger partial charge in [0, 0.05) is 28.7 Å². The molecule has 2 saturated carbocycles. The quantitative estimate of drug-likeness (QED) is 0.455. The first-order valence-electron chi connectivity index (χ1n) is 12.3. The Morgan fingerprint density at radius 1 is 0.971 bits per heavy atom. The highest BCUT2D eigenvalue weighted by molar-refractivity contribution is 5.93. The van der Waals surface area contributed by atoms with Crippen molar-refractivity contribution in [3.63, 3.8) is 0 Å². The maximum absolute atomic E-state index is 14.2. The molecule has 182 valence electrons. The van der Waals surface area contributed by atoms with Crippen LogP contribution in [0.3, 0.4) is 0 Å². The van der Waals surface area contributed by atoms with E-state index in [2.05, 4.69) is 6.92 Å². The third-order valence-corrected chi connectivity index (χ3v) is 10.7. The van der Waals surface area contributed by atoms with Crippen LogP contribution in [0.5, 0.6) is 0 Å². The Kier molecular flexibility index (Phi) is 3.70. The normalized spacial score (nSPS) is 52.4. The van der Waals surface area contributed by atoms with Gasteiger partial charge in [-0.3, -0.25) is 9.59 Å². The Hall–Kier alpha value is -2.19. The Balaban J connectivity index is 1.41. The van der Waals surface area contributed by atoms with Gasteiger partial charge < -0.3 is 23.4 Å². The van der Waals surface area contributed by atoms with Gasteiger partial charge in [-0.05, 0) is 45.6 Å². The van der Waals surface area contributed by atoms with Gasteiger partial charge in [0.2, 0.25) is 0 Å². The van der Waals surface area contributed by atoms with Gasteiger partial charge in [-0.15, -0.1) is 0 Å². The molecule has 6 fully saturated rings. The number of fused-ring (bicyclic) bond motifs is 1. The first kappa shape index (κ1) is 21.1. The Bertz CT molecular complexity index is 1120. The molecule has 0 radical (unpaired) electrons. The van der Waals surface area contributed by atoms with E-state index in [0.717, 1.165) is 12.0 Å². The number of hydrogen-bond donors (Lipinski definition) is 0. The molecule has 5 heterocycles. The molecule has 6 aliphatic rings. The number of Topliss-reactive ketones (excluding diaryl/α,β-unsaturated/α-hetero) is 1. The molecule has 4 saturated heterocycles. The smallest absolute Gasteiger partial charge is 0.339 e. The molecule has 34 heavy (non-hydrogen) atoms. The van der Waals surface area contributed by atoms with Crippen molar-refractivity contribution < 1.29 is 37.7 Å². The van der Waals surface area contributed by atoms with E-state index in [1.807, 2.05) is 26.8 Å². The first-order chi connectivity index (χ1) is 16.0. The van der Waals surface area contributed by atoms with Crippen LogP contribution in [-0.4, -0.2) is 47.7 Å². The summed E-state index contributed by atoms with van der Waals surface area (Å²) in [4.78, 5) is 39.7. The summed E-state index contributed by atoms with van der Waals surface area (Å²) >= 11 is 0. The molecule has 1 aromatic rings. The molecule has 9 atom stereocenters. The second-order valence-corrected chi connectivity index (χ2v) is 12.2. The number of carbonyl (C=O) groups excluding carboxylic acids is 3. The van der Waals surface area contributed by atoms with Crippen LogP contribution in [0.25, 0.3) is 0 Å². The lowest BCUT2D eigenvalue weighted by Gasteiger charge is -2.65. The molecule has 0 amide bonds. The van der Waals surface area contributed by atoms with E-state index in [1.165, 1.54) is 0 Å². The van der Waals surface area contributed by atoms with Crippen LogP contribution in [-0.2, 0) is 33.3 Å². The Labute approximate surface area is 197 Å². The number of ketones is 1. The van der Waals surface area contributed by atoms with Crippen molar-refractivity contribution in [2.45, 2.75) is 82.9 Å². The zero-order chi connectivity index (χ0) is 23.9. The van der Waals surface area contributed by atoms with E-state index in [0.29, 0.717) is 12.8 Å². The predicted molar refractivity (Wildman–Crippen MR) is 114 cm³/mol. The fraction of sp³-hybridized carbons (Fsp3) is 0.731. The van der Waals surface area contributed by atoms with Crippen LogP contribution >= 0.6 is 0 Å². The van der Waals surface area contributed by atoms with Gasteiger partial charge in [0.05, 0.1) is 36.1 Å². The van der Waals surface area contributed by atoms with Gasteiger partial charge in [-0.2, -0.15) is 0 Å². The fourth-order valence-electron chi connectivity index (χ4n) is 9.34. The van der Waals surface area contributed by atoms with E-state index < -0.39 is 45.6 Å². The summed E-state index contributed by atoms with van der Waals surface area (Å²) in [5.41, 5.74) is -2.78. The molecular formula is C26H30O8. The standard InChI is InChI=1S/C26H30O8/c1-22(2)15-9-16(27)24(4)14(25(15)12-31-18(28)10-17(25)33-22)5-7-23(3)19(13-6-8-30-11-13)32-21(29)20-26(23,24)34-20/h6,8,11,14-15,17,19-20H,5,7,9-10,12H2,1-4H3/t14-,15-,17+,19+,20+,23+,24+,25+,26+/m1/s1. The topological polar surface area (TPSA) is 105 Å². The fourth-order valence-corrected chi connectivity index (χ4v) is 9.34. The average Bonchev–Trinajstić information content (AvgIpc) is 3.26. The van der Waals surface area contributed by atoms with Crippen LogP contribution in [0.15, 0.2) is 23.0 Å². The second-order valence-electron chi connectivity index (χ2n) is 12.2. The van der Waals surface area contributed by atoms with Crippen molar-refractivity contribution in [2.75, 3.05) is 6.61 Å². The van der Waals surface area contributed by atoms with Crippen LogP contribution < -0.4 is 0 Å². The van der Waals surface area contributed by atoms with Crippen molar-refractivity contribution in [1.29, 1.82) is 0 Å². The van der Waals surface area contributed by atoms with Crippen LogP contribution in [0.2, 0.25) is 0 Å². The van der Waals surface area contributed by atoms with Crippen LogP contribution in [0.4, 0.5) is 0 Å². The number of ether oxygens (including phenoxy) is 4. The van der Waals surface area contributed by atoms with Crippen LogP contribution in [0.1, 0.15) is 65.0 Å². The minimum atomic E-state index is -0.976. The summed E-state index contributed by atoms with van der Waals surface area (Å²) in [5.74, 6) is -0.780. The highest BCUT2D eigenvalue weighted by Crippen LogP contribution is 2.79. The van der Waals surface area contributed by atoms with Crippen molar-refractivity contribution in [1.82, 2.24) is 0 Å². The molecular weight excluding hydrogens is 440 g/mol. The van der Waals surface area contributed by atoms with Gasteiger partial charge in [-0.1, -0.05) is 6.92 Å². The first-order valence-corrected chi connectivity index (χ1v) is 12.3. The summed E-state index contributed by atoms with van der Waals surface area (Å²) < 4.78 is 29.8. The zero-order valence-corrected chi connectivity index (χ0v) is 19.9. The molecule has 1 aromatic heterocycles. The summed E-state index contributed by atoms with van der Waals surface area (Å²) in [6, 6.07) is 1.81. The number of epoxide rings is 1. The van der Waals surface area contributed by atoms with Crippen molar-refractivity contribution in [3.8, 4) is 0 Å². The van der Waals surface area contributed by atoms with Crippen molar-refractivity contribution >= 4 is 17.7 Å². The largest absolute Gasteiger partial charge is 0.472 e. The third kappa shape index (κ3) is 2.02. The maximum atomic E-state index is 14.2. The monoisotopic (exact) mass is 470 g/mol. The number of esters is 2. The van der Waals surface area contributed by atoms with E-state index >= 15 is 0 Å². The third-order valence-electron chi connectivity index (χ3n) is 10.7. The number of cyclic esters (lactones) is 2. The highest BCUT2D eigenvalue weighted by atomic mass is 16.7. The molecule has 2 spiro atoms. The molecule has 8 heteroatoms. The van der Waals surface area contributed by atoms with Crippen molar-refractivity contribution in [2.24, 2.45) is 28.1 Å². The van der Waals surface area contributed by atoms with E-state index in [9.17, 15) is 14.4 Å². The van der Waals surface area contributed by atoms with E-state index in [4.69, 9.17) is 23.4 Å². The van der Waals surface area contributed by atoms with Gasteiger partial charge in [0.15, 0.2) is 6.10 Å². The van der Waals surface area contributed by atoms with Crippen molar-refractivity contribution in [3.05, 3.63) is 24.2 Å². The van der Waals surface area contributed by atoms with Gasteiger partial charge in [0.1, 0.15) is 24.1 Å². The lowest BCUT2D eigenvalue weighted by atomic mass is 9.37. The lowest BCUT2D eigenvalue weighted by Crippen LogP contribution is -2.72. The molecule has 4 aliphatic heterocycles. The predicted octanol–water partition coefficient (Wildman–Crippen LogP) is 3.14. The molecule has 0 N–H and O–H groups in total. The van der Waals surface area contributed by atoms with Gasteiger partial charge in [0.25, 0.3) is 0 Å². The SMILES string of the molecule is CC1(C)O[C@H]2CC(=O)OC[C@]23[C@@H]1CC(=O)[C@]1(C)[C@H]3CC[C@@]2(C)[C@H](c3ccoc3)OC(=O)[C@@H]3O[C@@]321. The van der Waals surface area contributed by atoms with E-state index in [-0.39, 0.29) is 42.7 Å². The average molecular weight is 471 g/mol. The number of rotatable bonds is 1. The Morgan fingerprint density at radius 2 is 1.76 bits per heavy atom. The lowest BCUT2D eigenvalue weighted by molar-refractivity contribution is -0.225. The molecule has 0 aromatic carbocycles. The molecule has 7 rings (SSSR count). The maximum Gasteiger partial charge on any atom is 0.339 e. The minimum absolute atomic E-state index is 0.0677. The summed E-state index contributed by atoms with van der Waals surface area (Å²) in [5, 5.41) is 0. The summed E-state index contributed by atoms with van der Waals surface area (Å²) in [6.45, 7) is 8.36. The van der Waals surface area contributed by atoms with E-state index in [1.54, 1.807) is 12.5 Å². The second kappa shape index (κ2) is 5.95. The Morgan fingerprint density at radius 3 is 2.50 bits per heavy atom. The zero-order valence-electron chi connectivity index (χ0n) is 19.9. The van der Waals surface area contributed by atoms with Gasteiger partial charge in [-0.25, -0.2) is 4.79 Å².